The topological polar surface area (TPSA) is 58.2 Å². The van der Waals surface area contributed by atoms with Gasteiger partial charge in [0.15, 0.2) is 5.78 Å². The summed E-state index contributed by atoms with van der Waals surface area (Å²) >= 11 is 1.59. The van der Waals surface area contributed by atoms with Crippen molar-refractivity contribution in [1.29, 1.82) is 0 Å². The first-order valence-corrected chi connectivity index (χ1v) is 9.83. The molecule has 1 heterocycles. The molecule has 2 aromatic rings. The minimum absolute atomic E-state index is 0.0117. The van der Waals surface area contributed by atoms with Crippen LogP contribution < -0.4 is 10.6 Å². The van der Waals surface area contributed by atoms with Gasteiger partial charge in [0.2, 0.25) is 0 Å². The van der Waals surface area contributed by atoms with Crippen LogP contribution in [0.3, 0.4) is 0 Å². The number of Topliss-reactive ketones (excluding diaryl/α,β-unsaturated/α-hetero) is 1. The molecule has 3 atom stereocenters. The number of rotatable bonds is 5. The molecule has 5 heteroatoms. The summed E-state index contributed by atoms with van der Waals surface area (Å²) < 4.78 is 0. The van der Waals surface area contributed by atoms with Crippen molar-refractivity contribution < 1.29 is 9.59 Å². The fraction of sp³-hybridized carbons (Fsp3) is 0.333. The summed E-state index contributed by atoms with van der Waals surface area (Å²) in [4.78, 5) is 26.1. The van der Waals surface area contributed by atoms with Crippen LogP contribution in [0.25, 0.3) is 0 Å². The number of carbonyl (C=O) groups excluding carboxylic acids is 2. The Hall–Kier alpha value is -2.11. The maximum absolute atomic E-state index is 12.5. The van der Waals surface area contributed by atoms with E-state index in [-0.39, 0.29) is 11.7 Å². The number of fused-ring (bicyclic) bond motifs is 2. The van der Waals surface area contributed by atoms with E-state index in [4.69, 9.17) is 0 Å². The van der Waals surface area contributed by atoms with E-state index in [9.17, 15) is 9.59 Å². The van der Waals surface area contributed by atoms with Crippen molar-refractivity contribution in [2.24, 2.45) is 5.92 Å². The number of piperidine rings is 1. The summed E-state index contributed by atoms with van der Waals surface area (Å²) in [5, 5.41) is 6.66. The number of hydrogen-bond acceptors (Lipinski definition) is 4. The Morgan fingerprint density at radius 1 is 1.04 bits per heavy atom. The van der Waals surface area contributed by atoms with E-state index >= 15 is 0 Å². The van der Waals surface area contributed by atoms with Gasteiger partial charge in [0.25, 0.3) is 5.91 Å². The second kappa shape index (κ2) is 7.25. The highest BCUT2D eigenvalue weighted by atomic mass is 32.2. The van der Waals surface area contributed by atoms with Crippen LogP contribution in [-0.4, -0.2) is 30.3 Å². The first-order chi connectivity index (χ1) is 12.6. The van der Waals surface area contributed by atoms with Crippen molar-refractivity contribution in [3.05, 3.63) is 59.7 Å². The van der Waals surface area contributed by atoms with Gasteiger partial charge >= 0.3 is 0 Å². The molecule has 2 fully saturated rings. The summed E-state index contributed by atoms with van der Waals surface area (Å²) in [6.45, 7) is 2.59. The number of carbonyl (C=O) groups is 2. The van der Waals surface area contributed by atoms with E-state index in [1.165, 1.54) is 6.42 Å². The lowest BCUT2D eigenvalue weighted by atomic mass is 10.0. The number of benzene rings is 2. The Bertz CT molecular complexity index is 834. The molecule has 134 valence electrons. The van der Waals surface area contributed by atoms with Crippen molar-refractivity contribution >= 4 is 23.5 Å². The number of ketones is 1. The Labute approximate surface area is 157 Å². The molecule has 1 saturated heterocycles. The summed E-state index contributed by atoms with van der Waals surface area (Å²) in [5.74, 6) is 0.653. The van der Waals surface area contributed by atoms with Crippen LogP contribution in [0.5, 0.6) is 0 Å². The molecule has 2 aliphatic rings. The number of nitrogens with one attached hydrogen (secondary N) is 2. The Morgan fingerprint density at radius 3 is 2.50 bits per heavy atom. The molecule has 4 nitrogen and oxygen atoms in total. The van der Waals surface area contributed by atoms with E-state index in [2.05, 4.69) is 10.6 Å². The predicted molar refractivity (Wildman–Crippen MR) is 103 cm³/mol. The molecule has 1 aliphatic carbocycles. The van der Waals surface area contributed by atoms with Gasteiger partial charge in [0.05, 0.1) is 0 Å². The Kier molecular flexibility index (Phi) is 4.83. The summed E-state index contributed by atoms with van der Waals surface area (Å²) in [5.41, 5.74) is 1.41. The molecule has 1 amide bonds. The zero-order valence-electron chi connectivity index (χ0n) is 14.7. The van der Waals surface area contributed by atoms with E-state index < -0.39 is 0 Å². The van der Waals surface area contributed by atoms with E-state index in [0.717, 1.165) is 22.8 Å². The largest absolute Gasteiger partial charge is 0.349 e. The fourth-order valence-electron chi connectivity index (χ4n) is 3.85. The normalized spacial score (nSPS) is 23.8. The third kappa shape index (κ3) is 3.69. The molecule has 1 saturated carbocycles. The van der Waals surface area contributed by atoms with Gasteiger partial charge in [-0.2, -0.15) is 0 Å². The van der Waals surface area contributed by atoms with Crippen molar-refractivity contribution in [1.82, 2.24) is 10.6 Å². The zero-order chi connectivity index (χ0) is 18.1. The third-order valence-corrected chi connectivity index (χ3v) is 6.27. The van der Waals surface area contributed by atoms with E-state index in [0.29, 0.717) is 29.1 Å². The average molecular weight is 366 g/mol. The SMILES string of the molecule is CC(=O)c1cccc(Sc2ccc(C(=O)NC3CC4CC3CN4)cc2)c1. The van der Waals surface area contributed by atoms with Crippen molar-refractivity contribution in [2.75, 3.05) is 6.54 Å². The number of hydrogen-bond donors (Lipinski definition) is 2. The third-order valence-electron chi connectivity index (χ3n) is 5.27. The van der Waals surface area contributed by atoms with Crippen LogP contribution in [0.1, 0.15) is 40.5 Å². The molecule has 0 radical (unpaired) electrons. The first-order valence-electron chi connectivity index (χ1n) is 9.01. The van der Waals surface area contributed by atoms with Crippen LogP contribution in [0, 0.1) is 5.92 Å². The molecule has 0 spiro atoms. The van der Waals surface area contributed by atoms with Gasteiger partial charge in [0.1, 0.15) is 0 Å². The molecular formula is C21H22N2O2S. The van der Waals surface area contributed by atoms with Crippen LogP contribution >= 0.6 is 11.8 Å². The van der Waals surface area contributed by atoms with Crippen molar-refractivity contribution in [3.63, 3.8) is 0 Å². The molecule has 4 rings (SSSR count). The lowest BCUT2D eigenvalue weighted by molar-refractivity contribution is 0.0924. The minimum atomic E-state index is 0.0117. The highest BCUT2D eigenvalue weighted by molar-refractivity contribution is 7.99. The molecule has 26 heavy (non-hydrogen) atoms. The quantitative estimate of drug-likeness (QED) is 0.795. The van der Waals surface area contributed by atoms with E-state index in [1.54, 1.807) is 18.7 Å². The molecule has 3 unspecified atom stereocenters. The predicted octanol–water partition coefficient (Wildman–Crippen LogP) is 3.52. The van der Waals surface area contributed by atoms with Crippen LogP contribution in [0.4, 0.5) is 0 Å². The molecule has 1 aliphatic heterocycles. The first kappa shape index (κ1) is 17.3. The Balaban J connectivity index is 1.39. The lowest BCUT2D eigenvalue weighted by Gasteiger charge is -2.23. The second-order valence-electron chi connectivity index (χ2n) is 7.13. The Morgan fingerprint density at radius 2 is 1.85 bits per heavy atom. The maximum atomic E-state index is 12.5. The minimum Gasteiger partial charge on any atom is -0.349 e. The van der Waals surface area contributed by atoms with Crippen LogP contribution in [-0.2, 0) is 0 Å². The van der Waals surface area contributed by atoms with Crippen LogP contribution in [0.15, 0.2) is 58.3 Å². The number of amides is 1. The van der Waals surface area contributed by atoms with Gasteiger partial charge in [-0.05, 0) is 62.1 Å². The fourth-order valence-corrected chi connectivity index (χ4v) is 4.73. The smallest absolute Gasteiger partial charge is 0.251 e. The van der Waals surface area contributed by atoms with Gasteiger partial charge in [-0.15, -0.1) is 0 Å². The van der Waals surface area contributed by atoms with Gasteiger partial charge in [-0.3, -0.25) is 9.59 Å². The van der Waals surface area contributed by atoms with Gasteiger partial charge < -0.3 is 10.6 Å². The highest BCUT2D eigenvalue weighted by Gasteiger charge is 2.40. The van der Waals surface area contributed by atoms with Gasteiger partial charge in [-0.1, -0.05) is 23.9 Å². The maximum Gasteiger partial charge on any atom is 0.251 e. The average Bonchev–Trinajstić information content (AvgIpc) is 3.25. The van der Waals surface area contributed by atoms with Gasteiger partial charge in [-0.25, -0.2) is 0 Å². The van der Waals surface area contributed by atoms with Crippen molar-refractivity contribution in [2.45, 2.75) is 41.6 Å². The molecule has 2 N–H and O–H groups in total. The standard InChI is InChI=1S/C21H22N2O2S/c1-13(24)15-3-2-4-19(10-15)26-18-7-5-14(6-8-18)21(25)23-20-11-17-9-16(20)12-22-17/h2-8,10,16-17,20,22H,9,11-12H2,1H3,(H,23,25). The highest BCUT2D eigenvalue weighted by Crippen LogP contribution is 2.32. The molecule has 2 bridgehead atoms. The molecule has 0 aromatic heterocycles. The monoisotopic (exact) mass is 366 g/mol. The lowest BCUT2D eigenvalue weighted by Crippen LogP contribution is -2.44. The zero-order valence-corrected chi connectivity index (χ0v) is 15.5. The summed E-state index contributed by atoms with van der Waals surface area (Å²) in [6, 6.07) is 16.2. The van der Waals surface area contributed by atoms with Gasteiger partial charge in [0, 0.05) is 39.5 Å². The molecular weight excluding hydrogens is 344 g/mol. The molecule has 2 aromatic carbocycles. The second-order valence-corrected chi connectivity index (χ2v) is 8.27. The van der Waals surface area contributed by atoms with Crippen LogP contribution in [0.2, 0.25) is 0 Å². The summed E-state index contributed by atoms with van der Waals surface area (Å²) in [7, 11) is 0. The van der Waals surface area contributed by atoms with E-state index in [1.807, 2.05) is 48.5 Å². The summed E-state index contributed by atoms with van der Waals surface area (Å²) in [6.07, 6.45) is 2.22. The van der Waals surface area contributed by atoms with Crippen molar-refractivity contribution in [3.8, 4) is 0 Å².